The van der Waals surface area contributed by atoms with E-state index in [-0.39, 0.29) is 11.1 Å². The van der Waals surface area contributed by atoms with Gasteiger partial charge in [-0.25, -0.2) is 0 Å². The normalized spacial score (nSPS) is 18.0. The molecule has 162 valence electrons. The summed E-state index contributed by atoms with van der Waals surface area (Å²) >= 11 is 5.93. The highest BCUT2D eigenvalue weighted by atomic mass is 32.1. The number of hydrogen-bond acceptors (Lipinski definition) is 3. The van der Waals surface area contributed by atoms with Crippen LogP contribution in [0.5, 0.6) is 0 Å². The molecular weight excluding hydrogens is 388 g/mol. The Morgan fingerprint density at radius 2 is 1.63 bits per heavy atom. The number of aryl methyl sites for hydroxylation is 1. The summed E-state index contributed by atoms with van der Waals surface area (Å²) in [5, 5.41) is 8.26. The van der Waals surface area contributed by atoms with Crippen LogP contribution in [-0.2, 0) is 19.5 Å². The Morgan fingerprint density at radius 3 is 2.20 bits per heavy atom. The van der Waals surface area contributed by atoms with Crippen LogP contribution in [0.3, 0.4) is 0 Å². The quantitative estimate of drug-likeness (QED) is 0.650. The van der Waals surface area contributed by atoms with Gasteiger partial charge in [0.15, 0.2) is 5.11 Å². The molecule has 0 amide bonds. The minimum Gasteiger partial charge on any atom is -0.360 e. The van der Waals surface area contributed by atoms with E-state index < -0.39 is 0 Å². The molecule has 1 saturated heterocycles. The van der Waals surface area contributed by atoms with E-state index in [1.807, 2.05) is 18.5 Å². The summed E-state index contributed by atoms with van der Waals surface area (Å²) in [4.78, 5) is 6.54. The summed E-state index contributed by atoms with van der Waals surface area (Å²) in [6.45, 7) is 12.8. The minimum atomic E-state index is 0.0825. The molecule has 1 aromatic heterocycles. The van der Waals surface area contributed by atoms with Crippen LogP contribution in [0.25, 0.3) is 0 Å². The maximum atomic E-state index is 5.93. The summed E-state index contributed by atoms with van der Waals surface area (Å²) in [6.07, 6.45) is 6.88. The number of nitrogens with zero attached hydrogens (tertiary/aromatic N) is 2. The third-order valence-corrected chi connectivity index (χ3v) is 6.08. The predicted molar refractivity (Wildman–Crippen MR) is 129 cm³/mol. The maximum Gasteiger partial charge on any atom is 0.169 e. The Hall–Kier alpha value is -1.98. The van der Waals surface area contributed by atoms with Gasteiger partial charge in [-0.05, 0) is 81.9 Å². The second-order valence-electron chi connectivity index (χ2n) is 9.83. The van der Waals surface area contributed by atoms with Gasteiger partial charge in [0.1, 0.15) is 0 Å². The van der Waals surface area contributed by atoms with Crippen LogP contribution in [0.15, 0.2) is 48.8 Å². The molecule has 2 aromatic rings. The van der Waals surface area contributed by atoms with E-state index in [9.17, 15) is 0 Å². The van der Waals surface area contributed by atoms with Crippen molar-refractivity contribution in [2.24, 2.45) is 0 Å². The van der Waals surface area contributed by atoms with Gasteiger partial charge in [0.05, 0.1) is 0 Å². The Kier molecular flexibility index (Phi) is 7.14. The monoisotopic (exact) mass is 424 g/mol. The molecular formula is C25H36N4S. The molecule has 0 unspecified atom stereocenters. The summed E-state index contributed by atoms with van der Waals surface area (Å²) < 4.78 is 0. The van der Waals surface area contributed by atoms with E-state index >= 15 is 0 Å². The largest absolute Gasteiger partial charge is 0.360 e. The first-order valence-electron chi connectivity index (χ1n) is 11.0. The third kappa shape index (κ3) is 6.51. The van der Waals surface area contributed by atoms with E-state index in [0.717, 1.165) is 43.0 Å². The van der Waals surface area contributed by atoms with E-state index in [4.69, 9.17) is 12.2 Å². The third-order valence-electron chi connectivity index (χ3n) is 5.71. The first-order valence-corrected chi connectivity index (χ1v) is 11.4. The molecule has 0 atom stereocenters. The van der Waals surface area contributed by atoms with Crippen LogP contribution in [0.2, 0.25) is 0 Å². The van der Waals surface area contributed by atoms with E-state index in [0.29, 0.717) is 6.04 Å². The van der Waals surface area contributed by atoms with Crippen molar-refractivity contribution in [1.82, 2.24) is 20.5 Å². The molecule has 1 aliphatic rings. The molecule has 0 bridgehead atoms. The number of aromatic nitrogens is 1. The molecule has 0 spiro atoms. The summed E-state index contributed by atoms with van der Waals surface area (Å²) in [7, 11) is 0. The van der Waals surface area contributed by atoms with Gasteiger partial charge in [-0.1, -0.05) is 37.3 Å². The summed E-state index contributed by atoms with van der Waals surface area (Å²) in [5.74, 6) is 0. The highest BCUT2D eigenvalue weighted by Gasteiger charge is 2.38. The van der Waals surface area contributed by atoms with E-state index in [1.54, 1.807) is 0 Å². The Bertz CT molecular complexity index is 814. The van der Waals surface area contributed by atoms with Gasteiger partial charge in [-0.15, -0.1) is 0 Å². The fourth-order valence-corrected chi connectivity index (χ4v) is 5.00. The van der Waals surface area contributed by atoms with Crippen molar-refractivity contribution in [2.75, 3.05) is 0 Å². The summed E-state index contributed by atoms with van der Waals surface area (Å²) in [5.41, 5.74) is 3.96. The van der Waals surface area contributed by atoms with Gasteiger partial charge in [0, 0.05) is 42.6 Å². The molecule has 1 aromatic carbocycles. The Labute approximate surface area is 187 Å². The smallest absolute Gasteiger partial charge is 0.169 e. The standard InChI is InChI=1S/C25H36N4S/c1-6-19-9-11-20(12-10-19)17-29(18-21-8-7-13-26-16-21)23(30)27-22-14-24(2,3)28-25(4,5)15-22/h7-13,16,22,28H,6,14-15,17-18H2,1-5H3,(H,27,30). The molecule has 0 radical (unpaired) electrons. The Morgan fingerprint density at radius 1 is 1.03 bits per heavy atom. The summed E-state index contributed by atoms with van der Waals surface area (Å²) in [6, 6.07) is 13.3. The molecule has 2 heterocycles. The van der Waals surface area contributed by atoms with Crippen molar-refractivity contribution < 1.29 is 0 Å². The van der Waals surface area contributed by atoms with Crippen LogP contribution in [0.1, 0.15) is 64.2 Å². The predicted octanol–water partition coefficient (Wildman–Crippen LogP) is 4.83. The van der Waals surface area contributed by atoms with Crippen LogP contribution in [0.4, 0.5) is 0 Å². The average molecular weight is 425 g/mol. The van der Waals surface area contributed by atoms with Crippen LogP contribution in [0, 0.1) is 0 Å². The molecule has 0 aliphatic carbocycles. The number of benzene rings is 1. The first kappa shape index (κ1) is 22.7. The van der Waals surface area contributed by atoms with E-state index in [1.165, 1.54) is 11.1 Å². The molecule has 0 saturated carbocycles. The maximum absolute atomic E-state index is 5.93. The second-order valence-corrected chi connectivity index (χ2v) is 10.2. The van der Waals surface area contributed by atoms with Gasteiger partial charge in [0.2, 0.25) is 0 Å². The zero-order chi connectivity index (χ0) is 21.8. The van der Waals surface area contributed by atoms with Crippen molar-refractivity contribution >= 4 is 17.3 Å². The lowest BCUT2D eigenvalue weighted by Crippen LogP contribution is -2.62. The second kappa shape index (κ2) is 9.44. The number of thiocarbonyl (C=S) groups is 1. The van der Waals surface area contributed by atoms with Crippen LogP contribution < -0.4 is 10.6 Å². The lowest BCUT2D eigenvalue weighted by Gasteiger charge is -2.47. The van der Waals surface area contributed by atoms with Gasteiger partial charge in [-0.2, -0.15) is 0 Å². The zero-order valence-corrected chi connectivity index (χ0v) is 19.9. The molecule has 4 nitrogen and oxygen atoms in total. The molecule has 3 rings (SSSR count). The van der Waals surface area contributed by atoms with Crippen molar-refractivity contribution in [3.8, 4) is 0 Å². The lowest BCUT2D eigenvalue weighted by atomic mass is 9.80. The van der Waals surface area contributed by atoms with Gasteiger partial charge in [-0.3, -0.25) is 4.98 Å². The highest BCUT2D eigenvalue weighted by Crippen LogP contribution is 2.28. The molecule has 2 N–H and O–H groups in total. The van der Waals surface area contributed by atoms with Crippen molar-refractivity contribution in [2.45, 2.75) is 84.1 Å². The Balaban J connectivity index is 1.75. The average Bonchev–Trinajstić information content (AvgIpc) is 2.66. The number of piperidine rings is 1. The molecule has 1 fully saturated rings. The number of hydrogen-bond donors (Lipinski definition) is 2. The SMILES string of the molecule is CCc1ccc(CN(Cc2cccnc2)C(=S)NC2CC(C)(C)NC(C)(C)C2)cc1. The lowest BCUT2D eigenvalue weighted by molar-refractivity contribution is 0.153. The number of nitrogens with one attached hydrogen (secondary N) is 2. The molecule has 30 heavy (non-hydrogen) atoms. The van der Waals surface area contributed by atoms with Crippen molar-refractivity contribution in [3.63, 3.8) is 0 Å². The van der Waals surface area contributed by atoms with Crippen LogP contribution in [-0.4, -0.2) is 32.1 Å². The van der Waals surface area contributed by atoms with Gasteiger partial charge < -0.3 is 15.5 Å². The fourth-order valence-electron chi connectivity index (χ4n) is 4.70. The van der Waals surface area contributed by atoms with Crippen LogP contribution >= 0.6 is 12.2 Å². The van der Waals surface area contributed by atoms with Crippen molar-refractivity contribution in [1.29, 1.82) is 0 Å². The molecule has 5 heteroatoms. The first-order chi connectivity index (χ1) is 14.2. The zero-order valence-electron chi connectivity index (χ0n) is 19.0. The number of rotatable bonds is 6. The number of pyridine rings is 1. The van der Waals surface area contributed by atoms with Gasteiger partial charge in [0.25, 0.3) is 0 Å². The van der Waals surface area contributed by atoms with Crippen molar-refractivity contribution in [3.05, 3.63) is 65.5 Å². The fraction of sp³-hybridized carbons (Fsp3) is 0.520. The minimum absolute atomic E-state index is 0.0825. The highest BCUT2D eigenvalue weighted by molar-refractivity contribution is 7.80. The van der Waals surface area contributed by atoms with Gasteiger partial charge >= 0.3 is 0 Å². The topological polar surface area (TPSA) is 40.2 Å². The van der Waals surface area contributed by atoms with E-state index in [2.05, 4.69) is 85.5 Å². The molecule has 1 aliphatic heterocycles.